The number of carbonyl (C=O) groups excluding carboxylic acids is 1. The summed E-state index contributed by atoms with van der Waals surface area (Å²) < 4.78 is 5.52. The average Bonchev–Trinajstić information content (AvgIpc) is 3.23. The molecule has 0 saturated carbocycles. The van der Waals surface area contributed by atoms with Crippen molar-refractivity contribution in [2.45, 2.75) is 12.8 Å². The molecule has 3 aromatic rings. The highest BCUT2D eigenvalue weighted by Gasteiger charge is 2.20. The Morgan fingerprint density at radius 2 is 1.56 bits per heavy atom. The number of ether oxygens (including phenoxy) is 1. The van der Waals surface area contributed by atoms with Gasteiger partial charge in [-0.2, -0.15) is 0 Å². The number of aromatic nitrogens is 2. The Balaban J connectivity index is 1.62. The second kappa shape index (κ2) is 7.45. The van der Waals surface area contributed by atoms with Gasteiger partial charge in [0.2, 0.25) is 5.95 Å². The van der Waals surface area contributed by atoms with Crippen molar-refractivity contribution in [2.75, 3.05) is 18.8 Å². The van der Waals surface area contributed by atoms with Gasteiger partial charge in [0.05, 0.1) is 11.4 Å². The molecule has 2 heterocycles. The molecule has 1 fully saturated rings. The van der Waals surface area contributed by atoms with Crippen molar-refractivity contribution in [3.8, 4) is 28.3 Å². The van der Waals surface area contributed by atoms with Crippen molar-refractivity contribution < 1.29 is 9.53 Å². The predicted octanol–water partition coefficient (Wildman–Crippen LogP) is 3.99. The van der Waals surface area contributed by atoms with Gasteiger partial charge in [0.25, 0.3) is 0 Å². The molecule has 0 aliphatic carbocycles. The fraction of sp³-hybridized carbons (Fsp3) is 0.190. The van der Waals surface area contributed by atoms with Crippen molar-refractivity contribution in [1.29, 1.82) is 0 Å². The molecular formula is C21H20N4O2. The van der Waals surface area contributed by atoms with E-state index in [0.29, 0.717) is 11.4 Å². The highest BCUT2D eigenvalue weighted by atomic mass is 16.6. The predicted molar refractivity (Wildman–Crippen MR) is 104 cm³/mol. The maximum absolute atomic E-state index is 12.2. The van der Waals surface area contributed by atoms with E-state index >= 15 is 0 Å². The van der Waals surface area contributed by atoms with Crippen LogP contribution in [0, 0.1) is 0 Å². The first kappa shape index (κ1) is 17.0. The fourth-order valence-electron chi connectivity index (χ4n) is 3.15. The number of rotatable bonds is 3. The normalized spacial score (nSPS) is 13.6. The molecule has 0 radical (unpaired) electrons. The van der Waals surface area contributed by atoms with Gasteiger partial charge in [-0.05, 0) is 31.0 Å². The molecule has 1 aliphatic heterocycles. The second-order valence-corrected chi connectivity index (χ2v) is 6.45. The molecule has 6 nitrogen and oxygen atoms in total. The van der Waals surface area contributed by atoms with E-state index < -0.39 is 0 Å². The summed E-state index contributed by atoms with van der Waals surface area (Å²) in [5.41, 5.74) is 9.13. The van der Waals surface area contributed by atoms with E-state index in [9.17, 15) is 4.79 Å². The lowest BCUT2D eigenvalue weighted by Gasteiger charge is -2.15. The lowest BCUT2D eigenvalue weighted by Crippen LogP contribution is -2.30. The van der Waals surface area contributed by atoms with Crippen LogP contribution in [-0.4, -0.2) is 34.1 Å². The molecule has 1 saturated heterocycles. The maximum Gasteiger partial charge on any atom is 0.415 e. The SMILES string of the molecule is Nc1nc(-c2ccccc2)cc(-c2cccc(OC(=O)N3CCCC3)c2)n1. The lowest BCUT2D eigenvalue weighted by atomic mass is 10.1. The number of hydrogen-bond donors (Lipinski definition) is 1. The molecule has 0 unspecified atom stereocenters. The molecule has 1 aromatic heterocycles. The number of nitrogens with zero attached hydrogens (tertiary/aromatic N) is 3. The molecule has 0 spiro atoms. The molecule has 4 rings (SSSR count). The number of carbonyl (C=O) groups is 1. The smallest absolute Gasteiger partial charge is 0.410 e. The zero-order valence-corrected chi connectivity index (χ0v) is 14.8. The van der Waals surface area contributed by atoms with Crippen LogP contribution in [0.25, 0.3) is 22.5 Å². The van der Waals surface area contributed by atoms with Crippen LogP contribution in [0.5, 0.6) is 5.75 Å². The largest absolute Gasteiger partial charge is 0.415 e. The minimum Gasteiger partial charge on any atom is -0.410 e. The number of anilines is 1. The summed E-state index contributed by atoms with van der Waals surface area (Å²) in [6.45, 7) is 1.50. The minimum absolute atomic E-state index is 0.200. The Hall–Kier alpha value is -3.41. The topological polar surface area (TPSA) is 81.3 Å². The van der Waals surface area contributed by atoms with Gasteiger partial charge < -0.3 is 15.4 Å². The van der Waals surface area contributed by atoms with Gasteiger partial charge in [0.1, 0.15) is 5.75 Å². The highest BCUT2D eigenvalue weighted by molar-refractivity contribution is 5.73. The first-order valence-corrected chi connectivity index (χ1v) is 8.96. The number of amides is 1. The summed E-state index contributed by atoms with van der Waals surface area (Å²) in [5.74, 6) is 0.689. The fourth-order valence-corrected chi connectivity index (χ4v) is 3.15. The number of hydrogen-bond acceptors (Lipinski definition) is 5. The summed E-state index contributed by atoms with van der Waals surface area (Å²) in [6.07, 6.45) is 1.74. The van der Waals surface area contributed by atoms with Gasteiger partial charge >= 0.3 is 6.09 Å². The summed E-state index contributed by atoms with van der Waals surface area (Å²) in [4.78, 5) is 22.6. The third-order valence-corrected chi connectivity index (χ3v) is 4.51. The van der Waals surface area contributed by atoms with E-state index in [-0.39, 0.29) is 12.0 Å². The zero-order valence-electron chi connectivity index (χ0n) is 14.8. The van der Waals surface area contributed by atoms with E-state index in [1.54, 1.807) is 17.0 Å². The quantitative estimate of drug-likeness (QED) is 0.764. The van der Waals surface area contributed by atoms with Crippen LogP contribution in [0.4, 0.5) is 10.7 Å². The van der Waals surface area contributed by atoms with Crippen LogP contribution in [0.15, 0.2) is 60.7 Å². The number of benzene rings is 2. The van der Waals surface area contributed by atoms with Crippen LogP contribution >= 0.6 is 0 Å². The Kier molecular flexibility index (Phi) is 4.70. The number of nitrogen functional groups attached to an aromatic ring is 1. The molecule has 27 heavy (non-hydrogen) atoms. The summed E-state index contributed by atoms with van der Waals surface area (Å²) in [7, 11) is 0. The zero-order chi connectivity index (χ0) is 18.6. The maximum atomic E-state index is 12.2. The van der Waals surface area contributed by atoms with E-state index in [2.05, 4.69) is 9.97 Å². The van der Waals surface area contributed by atoms with E-state index in [4.69, 9.17) is 10.5 Å². The third kappa shape index (κ3) is 3.89. The molecule has 0 bridgehead atoms. The monoisotopic (exact) mass is 360 g/mol. The molecule has 1 aliphatic rings. The molecule has 1 amide bonds. The lowest BCUT2D eigenvalue weighted by molar-refractivity contribution is 0.163. The van der Waals surface area contributed by atoms with Crippen LogP contribution in [0.1, 0.15) is 12.8 Å². The van der Waals surface area contributed by atoms with E-state index in [1.165, 1.54) is 0 Å². The summed E-state index contributed by atoms with van der Waals surface area (Å²) >= 11 is 0. The van der Waals surface area contributed by atoms with Gasteiger partial charge in [0.15, 0.2) is 0 Å². The van der Waals surface area contributed by atoms with Crippen molar-refractivity contribution >= 4 is 12.0 Å². The van der Waals surface area contributed by atoms with Crippen molar-refractivity contribution in [2.24, 2.45) is 0 Å². The molecule has 2 N–H and O–H groups in total. The van der Waals surface area contributed by atoms with Crippen molar-refractivity contribution in [3.63, 3.8) is 0 Å². The first-order valence-electron chi connectivity index (χ1n) is 8.96. The minimum atomic E-state index is -0.308. The van der Waals surface area contributed by atoms with Gasteiger partial charge in [-0.3, -0.25) is 0 Å². The van der Waals surface area contributed by atoms with Crippen LogP contribution < -0.4 is 10.5 Å². The van der Waals surface area contributed by atoms with Crippen molar-refractivity contribution in [3.05, 3.63) is 60.7 Å². The third-order valence-electron chi connectivity index (χ3n) is 4.51. The molecule has 2 aromatic carbocycles. The van der Waals surface area contributed by atoms with Gasteiger partial charge in [-0.15, -0.1) is 0 Å². The first-order chi connectivity index (χ1) is 13.2. The molecule has 136 valence electrons. The van der Waals surface area contributed by atoms with Gasteiger partial charge in [-0.25, -0.2) is 14.8 Å². The number of likely N-dealkylation sites (tertiary alicyclic amines) is 1. The summed E-state index contributed by atoms with van der Waals surface area (Å²) in [5, 5.41) is 0. The highest BCUT2D eigenvalue weighted by Crippen LogP contribution is 2.27. The Labute approximate surface area is 157 Å². The molecular weight excluding hydrogens is 340 g/mol. The standard InChI is InChI=1S/C21H20N4O2/c22-20-23-18(15-7-2-1-3-8-15)14-19(24-20)16-9-6-10-17(13-16)27-21(26)25-11-4-5-12-25/h1-3,6-10,13-14H,4-5,11-12H2,(H2,22,23,24). The Morgan fingerprint density at radius 1 is 0.889 bits per heavy atom. The van der Waals surface area contributed by atoms with Crippen LogP contribution in [0.2, 0.25) is 0 Å². The van der Waals surface area contributed by atoms with Gasteiger partial charge in [0, 0.05) is 24.2 Å². The average molecular weight is 360 g/mol. The Morgan fingerprint density at radius 3 is 2.30 bits per heavy atom. The Bertz CT molecular complexity index is 953. The van der Waals surface area contributed by atoms with Gasteiger partial charge in [-0.1, -0.05) is 42.5 Å². The van der Waals surface area contributed by atoms with Crippen LogP contribution in [-0.2, 0) is 0 Å². The van der Waals surface area contributed by atoms with E-state index in [0.717, 1.165) is 42.8 Å². The molecule has 0 atom stereocenters. The summed E-state index contributed by atoms with van der Waals surface area (Å²) in [6, 6.07) is 19.0. The molecule has 6 heteroatoms. The second-order valence-electron chi connectivity index (χ2n) is 6.45. The number of nitrogens with two attached hydrogens (primary N) is 1. The van der Waals surface area contributed by atoms with Crippen LogP contribution in [0.3, 0.4) is 0 Å². The van der Waals surface area contributed by atoms with Crippen molar-refractivity contribution in [1.82, 2.24) is 14.9 Å². The van der Waals surface area contributed by atoms with E-state index in [1.807, 2.05) is 48.5 Å².